The predicted octanol–water partition coefficient (Wildman–Crippen LogP) is 4.83. The Morgan fingerprint density at radius 3 is 2.85 bits per heavy atom. The summed E-state index contributed by atoms with van der Waals surface area (Å²) >= 11 is 7.92. The van der Waals surface area contributed by atoms with Crippen LogP contribution in [0, 0.1) is 6.92 Å². The van der Waals surface area contributed by atoms with Crippen molar-refractivity contribution in [3.63, 3.8) is 0 Å². The van der Waals surface area contributed by atoms with E-state index in [2.05, 4.69) is 29.1 Å². The average Bonchev–Trinajstić information content (AvgIpc) is 2.86. The van der Waals surface area contributed by atoms with Crippen molar-refractivity contribution in [1.29, 1.82) is 0 Å². The lowest BCUT2D eigenvalue weighted by molar-refractivity contribution is 0.861. The Morgan fingerprint density at radius 2 is 2.10 bits per heavy atom. The van der Waals surface area contributed by atoms with Gasteiger partial charge < -0.3 is 5.32 Å². The standard InChI is InChI=1S/C15H14ClN3S/c1-9-8-17-15(20-9)10(2)18-13-7-11-5-3-4-6-12(11)14(16)19-13/h3-8,10H,1-2H3,(H,18,19). The van der Waals surface area contributed by atoms with E-state index in [9.17, 15) is 0 Å². The number of halogens is 1. The van der Waals surface area contributed by atoms with Gasteiger partial charge in [0.15, 0.2) is 0 Å². The molecule has 3 aromatic rings. The molecule has 0 radical (unpaired) electrons. The molecule has 0 saturated carbocycles. The minimum absolute atomic E-state index is 0.110. The highest BCUT2D eigenvalue weighted by Gasteiger charge is 2.11. The molecule has 3 nitrogen and oxygen atoms in total. The molecule has 0 amide bonds. The maximum atomic E-state index is 6.23. The van der Waals surface area contributed by atoms with E-state index in [1.807, 2.05) is 36.5 Å². The lowest BCUT2D eigenvalue weighted by Gasteiger charge is -2.13. The topological polar surface area (TPSA) is 37.8 Å². The van der Waals surface area contributed by atoms with Gasteiger partial charge in [0, 0.05) is 16.5 Å². The summed E-state index contributed by atoms with van der Waals surface area (Å²) in [4.78, 5) is 10.0. The zero-order valence-corrected chi connectivity index (χ0v) is 12.8. The Labute approximate surface area is 126 Å². The number of anilines is 1. The molecule has 20 heavy (non-hydrogen) atoms. The summed E-state index contributed by atoms with van der Waals surface area (Å²) in [6, 6.07) is 10.1. The molecule has 1 unspecified atom stereocenters. The zero-order valence-electron chi connectivity index (χ0n) is 11.2. The molecule has 102 valence electrons. The van der Waals surface area contributed by atoms with Crippen LogP contribution in [0.4, 0.5) is 5.82 Å². The van der Waals surface area contributed by atoms with Gasteiger partial charge >= 0.3 is 0 Å². The van der Waals surface area contributed by atoms with Crippen LogP contribution in [-0.2, 0) is 0 Å². The summed E-state index contributed by atoms with van der Waals surface area (Å²) in [6.45, 7) is 4.13. The molecule has 0 saturated heterocycles. The van der Waals surface area contributed by atoms with Gasteiger partial charge in [-0.15, -0.1) is 11.3 Å². The monoisotopic (exact) mass is 303 g/mol. The molecule has 1 N–H and O–H groups in total. The number of aryl methyl sites for hydroxylation is 1. The Hall–Kier alpha value is -1.65. The van der Waals surface area contributed by atoms with Crippen molar-refractivity contribution in [2.45, 2.75) is 19.9 Å². The van der Waals surface area contributed by atoms with Crippen molar-refractivity contribution in [1.82, 2.24) is 9.97 Å². The van der Waals surface area contributed by atoms with E-state index in [0.717, 1.165) is 21.6 Å². The van der Waals surface area contributed by atoms with Crippen molar-refractivity contribution < 1.29 is 0 Å². The third kappa shape index (κ3) is 2.62. The number of pyridine rings is 1. The van der Waals surface area contributed by atoms with E-state index in [-0.39, 0.29) is 6.04 Å². The van der Waals surface area contributed by atoms with Crippen LogP contribution < -0.4 is 5.32 Å². The quantitative estimate of drug-likeness (QED) is 0.704. The van der Waals surface area contributed by atoms with Gasteiger partial charge in [-0.05, 0) is 25.3 Å². The third-order valence-corrected chi connectivity index (χ3v) is 4.45. The smallest absolute Gasteiger partial charge is 0.139 e. The van der Waals surface area contributed by atoms with E-state index in [1.54, 1.807) is 11.3 Å². The summed E-state index contributed by atoms with van der Waals surface area (Å²) < 4.78 is 0. The van der Waals surface area contributed by atoms with Gasteiger partial charge in [0.2, 0.25) is 0 Å². The summed E-state index contributed by atoms with van der Waals surface area (Å²) in [5, 5.41) is 6.98. The number of fused-ring (bicyclic) bond motifs is 1. The summed E-state index contributed by atoms with van der Waals surface area (Å²) in [7, 11) is 0. The number of aromatic nitrogens is 2. The first-order chi connectivity index (χ1) is 9.63. The molecule has 0 fully saturated rings. The minimum Gasteiger partial charge on any atom is -0.361 e. The molecule has 5 heteroatoms. The van der Waals surface area contributed by atoms with E-state index >= 15 is 0 Å². The van der Waals surface area contributed by atoms with E-state index < -0.39 is 0 Å². The fourth-order valence-electron chi connectivity index (χ4n) is 2.09. The van der Waals surface area contributed by atoms with Crippen molar-refractivity contribution in [2.24, 2.45) is 0 Å². The fraction of sp³-hybridized carbons (Fsp3) is 0.200. The summed E-state index contributed by atoms with van der Waals surface area (Å²) in [6.07, 6.45) is 1.89. The molecule has 2 aromatic heterocycles. The molecular formula is C15H14ClN3S. The molecule has 1 atom stereocenters. The van der Waals surface area contributed by atoms with Crippen molar-refractivity contribution in [3.8, 4) is 0 Å². The number of nitrogens with one attached hydrogen (secondary N) is 1. The molecule has 3 rings (SSSR count). The van der Waals surface area contributed by atoms with Gasteiger partial charge in [0.05, 0.1) is 6.04 Å². The van der Waals surface area contributed by atoms with Gasteiger partial charge in [0.25, 0.3) is 0 Å². The Kier molecular flexibility index (Phi) is 3.59. The number of hydrogen-bond acceptors (Lipinski definition) is 4. The van der Waals surface area contributed by atoms with Gasteiger partial charge in [-0.2, -0.15) is 0 Å². The summed E-state index contributed by atoms with van der Waals surface area (Å²) in [5.41, 5.74) is 0. The van der Waals surface area contributed by atoms with Crippen LogP contribution in [0.5, 0.6) is 0 Å². The second-order valence-electron chi connectivity index (χ2n) is 4.69. The minimum atomic E-state index is 0.110. The molecule has 0 aliphatic carbocycles. The van der Waals surface area contributed by atoms with Crippen molar-refractivity contribution in [2.75, 3.05) is 5.32 Å². The van der Waals surface area contributed by atoms with Crippen LogP contribution in [0.1, 0.15) is 22.9 Å². The SMILES string of the molecule is Cc1cnc(C(C)Nc2cc3ccccc3c(Cl)n2)s1. The number of rotatable bonds is 3. The van der Waals surface area contributed by atoms with Gasteiger partial charge in [0.1, 0.15) is 16.0 Å². The zero-order chi connectivity index (χ0) is 14.1. The second kappa shape index (κ2) is 5.38. The maximum absolute atomic E-state index is 6.23. The first-order valence-corrected chi connectivity index (χ1v) is 7.57. The average molecular weight is 304 g/mol. The molecule has 2 heterocycles. The van der Waals surface area contributed by atoms with Gasteiger partial charge in [-0.25, -0.2) is 9.97 Å². The maximum Gasteiger partial charge on any atom is 0.139 e. The number of thiazole rings is 1. The van der Waals surface area contributed by atoms with Crippen LogP contribution >= 0.6 is 22.9 Å². The molecule has 0 spiro atoms. The fourth-order valence-corrected chi connectivity index (χ4v) is 3.13. The van der Waals surface area contributed by atoms with Crippen LogP contribution in [0.15, 0.2) is 36.5 Å². The Morgan fingerprint density at radius 1 is 1.30 bits per heavy atom. The second-order valence-corrected chi connectivity index (χ2v) is 6.32. The van der Waals surface area contributed by atoms with Crippen LogP contribution in [-0.4, -0.2) is 9.97 Å². The molecule has 1 aromatic carbocycles. The van der Waals surface area contributed by atoms with Crippen molar-refractivity contribution >= 4 is 39.5 Å². The van der Waals surface area contributed by atoms with Crippen LogP contribution in [0.3, 0.4) is 0 Å². The molecule has 0 aliphatic heterocycles. The highest BCUT2D eigenvalue weighted by atomic mass is 35.5. The normalized spacial score (nSPS) is 12.6. The van der Waals surface area contributed by atoms with E-state index in [0.29, 0.717) is 5.15 Å². The first kappa shape index (κ1) is 13.3. The van der Waals surface area contributed by atoms with Crippen LogP contribution in [0.25, 0.3) is 10.8 Å². The molecule has 0 bridgehead atoms. The summed E-state index contributed by atoms with van der Waals surface area (Å²) in [5.74, 6) is 0.772. The van der Waals surface area contributed by atoms with E-state index in [4.69, 9.17) is 11.6 Å². The molecule has 0 aliphatic rings. The lowest BCUT2D eigenvalue weighted by Crippen LogP contribution is -2.07. The van der Waals surface area contributed by atoms with E-state index in [1.165, 1.54) is 4.88 Å². The Bertz CT molecular complexity index is 754. The largest absolute Gasteiger partial charge is 0.361 e. The van der Waals surface area contributed by atoms with Crippen molar-refractivity contribution in [3.05, 3.63) is 51.6 Å². The molecular weight excluding hydrogens is 290 g/mol. The van der Waals surface area contributed by atoms with Crippen LogP contribution in [0.2, 0.25) is 5.15 Å². The number of benzene rings is 1. The predicted molar refractivity (Wildman–Crippen MR) is 85.6 cm³/mol. The number of hydrogen-bond donors (Lipinski definition) is 1. The van der Waals surface area contributed by atoms with Gasteiger partial charge in [-0.3, -0.25) is 0 Å². The van der Waals surface area contributed by atoms with Gasteiger partial charge in [-0.1, -0.05) is 35.9 Å². The Balaban J connectivity index is 1.91. The first-order valence-electron chi connectivity index (χ1n) is 6.37. The lowest BCUT2D eigenvalue weighted by atomic mass is 10.2. The highest BCUT2D eigenvalue weighted by molar-refractivity contribution is 7.11. The third-order valence-electron chi connectivity index (χ3n) is 3.07. The number of nitrogens with zero attached hydrogens (tertiary/aromatic N) is 2. The highest BCUT2D eigenvalue weighted by Crippen LogP contribution is 2.27.